The average Bonchev–Trinajstić information content (AvgIpc) is 2.50. The van der Waals surface area contributed by atoms with Crippen molar-refractivity contribution in [2.45, 2.75) is 6.18 Å². The molecule has 1 aliphatic heterocycles. The van der Waals surface area contributed by atoms with Crippen LogP contribution in [0, 0.1) is 0 Å². The molecule has 0 atom stereocenters. The molecule has 0 aliphatic carbocycles. The quantitative estimate of drug-likeness (QED) is 0.782. The molecule has 20 heavy (non-hydrogen) atoms. The van der Waals surface area contributed by atoms with Crippen LogP contribution in [0.2, 0.25) is 10.0 Å². The number of hydrogen-bond acceptors (Lipinski definition) is 2. The lowest BCUT2D eigenvalue weighted by Gasteiger charge is -2.18. The number of halogens is 5. The minimum atomic E-state index is -4.57. The fourth-order valence-corrected chi connectivity index (χ4v) is 2.33. The molecule has 3 amide bonds. The number of alkyl halides is 3. The molecule has 2 rings (SSSR count). The Bertz CT molecular complexity index is 557. The number of carbonyl (C=O) groups excluding carboxylic acids is 2. The molecule has 1 heterocycles. The molecular weight excluding hydrogens is 320 g/mol. The first-order chi connectivity index (χ1) is 9.17. The SMILES string of the molecule is O=C1CN(CC(F)(F)F)C(=O)N1c1cc(Cl)cc(Cl)c1. The van der Waals surface area contributed by atoms with Gasteiger partial charge in [0.15, 0.2) is 0 Å². The van der Waals surface area contributed by atoms with Gasteiger partial charge in [-0.2, -0.15) is 13.2 Å². The van der Waals surface area contributed by atoms with Crippen molar-refractivity contribution in [3.8, 4) is 0 Å². The summed E-state index contributed by atoms with van der Waals surface area (Å²) in [5.41, 5.74) is 0.0437. The largest absolute Gasteiger partial charge is 0.406 e. The Morgan fingerprint density at radius 2 is 1.65 bits per heavy atom. The van der Waals surface area contributed by atoms with Crippen LogP contribution in [0.5, 0.6) is 0 Å². The number of benzene rings is 1. The van der Waals surface area contributed by atoms with Crippen molar-refractivity contribution in [2.24, 2.45) is 0 Å². The predicted octanol–water partition coefficient (Wildman–Crippen LogP) is 3.32. The second-order valence-corrected chi connectivity index (χ2v) is 4.98. The first kappa shape index (κ1) is 14.9. The van der Waals surface area contributed by atoms with Gasteiger partial charge in [0.25, 0.3) is 5.91 Å². The van der Waals surface area contributed by atoms with Gasteiger partial charge in [0.05, 0.1) is 5.69 Å². The lowest BCUT2D eigenvalue weighted by Crippen LogP contribution is -2.38. The number of hydrogen-bond donors (Lipinski definition) is 0. The van der Waals surface area contributed by atoms with Crippen molar-refractivity contribution in [1.29, 1.82) is 0 Å². The van der Waals surface area contributed by atoms with Crippen molar-refractivity contribution >= 4 is 40.8 Å². The summed E-state index contributed by atoms with van der Waals surface area (Å²) in [5, 5.41) is 0.338. The fourth-order valence-electron chi connectivity index (χ4n) is 1.81. The maximum atomic E-state index is 12.3. The van der Waals surface area contributed by atoms with E-state index in [0.717, 1.165) is 0 Å². The van der Waals surface area contributed by atoms with E-state index in [-0.39, 0.29) is 15.7 Å². The summed E-state index contributed by atoms with van der Waals surface area (Å²) < 4.78 is 36.9. The summed E-state index contributed by atoms with van der Waals surface area (Å²) in [5.74, 6) is -0.766. The van der Waals surface area contributed by atoms with Crippen LogP contribution in [0.15, 0.2) is 18.2 Å². The average molecular weight is 327 g/mol. The van der Waals surface area contributed by atoms with E-state index in [9.17, 15) is 22.8 Å². The van der Waals surface area contributed by atoms with Crippen molar-refractivity contribution < 1.29 is 22.8 Å². The molecule has 1 fully saturated rings. The van der Waals surface area contributed by atoms with E-state index in [1.165, 1.54) is 18.2 Å². The van der Waals surface area contributed by atoms with Crippen LogP contribution in [-0.4, -0.2) is 36.1 Å². The molecule has 0 aromatic heterocycles. The van der Waals surface area contributed by atoms with Gasteiger partial charge >= 0.3 is 12.2 Å². The monoisotopic (exact) mass is 326 g/mol. The molecule has 1 aromatic carbocycles. The van der Waals surface area contributed by atoms with Gasteiger partial charge in [-0.3, -0.25) is 4.79 Å². The molecule has 0 bridgehead atoms. The molecule has 108 valence electrons. The lowest BCUT2D eigenvalue weighted by molar-refractivity contribution is -0.139. The number of carbonyl (C=O) groups is 2. The Morgan fingerprint density at radius 1 is 1.10 bits per heavy atom. The van der Waals surface area contributed by atoms with Gasteiger partial charge in [0.2, 0.25) is 0 Å². The first-order valence-corrected chi connectivity index (χ1v) is 6.08. The molecule has 4 nitrogen and oxygen atoms in total. The zero-order valence-corrected chi connectivity index (χ0v) is 11.3. The molecular formula is C11H7Cl2F3N2O2. The number of anilines is 1. The third-order valence-corrected chi connectivity index (χ3v) is 2.95. The Balaban J connectivity index is 2.29. The minimum absolute atomic E-state index is 0.0437. The minimum Gasteiger partial charge on any atom is -0.306 e. The number of amides is 3. The Kier molecular flexibility index (Phi) is 3.84. The second-order valence-electron chi connectivity index (χ2n) is 4.11. The van der Waals surface area contributed by atoms with Crippen LogP contribution < -0.4 is 4.90 Å². The summed E-state index contributed by atoms with van der Waals surface area (Å²) in [4.78, 5) is 24.6. The summed E-state index contributed by atoms with van der Waals surface area (Å²) >= 11 is 11.5. The van der Waals surface area contributed by atoms with E-state index in [2.05, 4.69) is 0 Å². The summed E-state index contributed by atoms with van der Waals surface area (Å²) in [6.07, 6.45) is -4.57. The standard InChI is InChI=1S/C11H7Cl2F3N2O2/c12-6-1-7(13)3-8(2-6)18-9(19)4-17(10(18)20)5-11(14,15)16/h1-3H,4-5H2. The zero-order chi connectivity index (χ0) is 15.1. The van der Waals surface area contributed by atoms with Crippen LogP contribution in [0.1, 0.15) is 0 Å². The van der Waals surface area contributed by atoms with Crippen molar-refractivity contribution in [2.75, 3.05) is 18.0 Å². The van der Waals surface area contributed by atoms with Gasteiger partial charge in [0.1, 0.15) is 13.1 Å². The molecule has 0 spiro atoms. The van der Waals surface area contributed by atoms with Gasteiger partial charge in [0, 0.05) is 10.0 Å². The van der Waals surface area contributed by atoms with Gasteiger partial charge in [-0.05, 0) is 18.2 Å². The molecule has 0 saturated carbocycles. The number of nitrogens with zero attached hydrogens (tertiary/aromatic N) is 2. The van der Waals surface area contributed by atoms with E-state index >= 15 is 0 Å². The predicted molar refractivity (Wildman–Crippen MR) is 67.0 cm³/mol. The Hall–Kier alpha value is -1.47. The van der Waals surface area contributed by atoms with Crippen LogP contribution in [0.25, 0.3) is 0 Å². The van der Waals surface area contributed by atoms with Crippen LogP contribution in [0.4, 0.5) is 23.7 Å². The smallest absolute Gasteiger partial charge is 0.306 e. The van der Waals surface area contributed by atoms with E-state index < -0.39 is 31.2 Å². The van der Waals surface area contributed by atoms with Gasteiger partial charge in [-0.15, -0.1) is 0 Å². The maximum absolute atomic E-state index is 12.3. The molecule has 9 heteroatoms. The molecule has 0 N–H and O–H groups in total. The molecule has 1 aromatic rings. The maximum Gasteiger partial charge on any atom is 0.406 e. The van der Waals surface area contributed by atoms with Crippen LogP contribution in [0.3, 0.4) is 0 Å². The molecule has 1 aliphatic rings. The van der Waals surface area contributed by atoms with Gasteiger partial charge in [-0.1, -0.05) is 23.2 Å². The molecule has 0 unspecified atom stereocenters. The van der Waals surface area contributed by atoms with Crippen molar-refractivity contribution in [3.05, 3.63) is 28.2 Å². The van der Waals surface area contributed by atoms with E-state index in [1.54, 1.807) is 0 Å². The van der Waals surface area contributed by atoms with E-state index in [1.807, 2.05) is 0 Å². The van der Waals surface area contributed by atoms with Crippen molar-refractivity contribution in [1.82, 2.24) is 4.90 Å². The lowest BCUT2D eigenvalue weighted by atomic mass is 10.3. The van der Waals surface area contributed by atoms with E-state index in [0.29, 0.717) is 9.80 Å². The number of urea groups is 1. The summed E-state index contributed by atoms with van der Waals surface area (Å²) in [6.45, 7) is -2.12. The summed E-state index contributed by atoms with van der Waals surface area (Å²) in [7, 11) is 0. The number of rotatable bonds is 2. The normalized spacial score (nSPS) is 16.2. The first-order valence-electron chi connectivity index (χ1n) is 5.32. The highest BCUT2D eigenvalue weighted by Gasteiger charge is 2.43. The Labute approximate surface area is 121 Å². The highest BCUT2D eigenvalue weighted by Crippen LogP contribution is 2.29. The van der Waals surface area contributed by atoms with Crippen molar-refractivity contribution in [3.63, 3.8) is 0 Å². The van der Waals surface area contributed by atoms with Crippen LogP contribution in [-0.2, 0) is 4.79 Å². The zero-order valence-electron chi connectivity index (χ0n) is 9.75. The van der Waals surface area contributed by atoms with E-state index in [4.69, 9.17) is 23.2 Å². The Morgan fingerprint density at radius 3 is 2.15 bits per heavy atom. The third kappa shape index (κ3) is 3.16. The third-order valence-electron chi connectivity index (χ3n) is 2.51. The fraction of sp³-hybridized carbons (Fsp3) is 0.273. The topological polar surface area (TPSA) is 40.6 Å². The second kappa shape index (κ2) is 5.14. The molecule has 1 saturated heterocycles. The van der Waals surface area contributed by atoms with Gasteiger partial charge in [-0.25, -0.2) is 9.69 Å². The highest BCUT2D eigenvalue weighted by atomic mass is 35.5. The van der Waals surface area contributed by atoms with Gasteiger partial charge < -0.3 is 4.90 Å². The van der Waals surface area contributed by atoms with Crippen LogP contribution >= 0.6 is 23.2 Å². The summed E-state index contributed by atoms with van der Waals surface area (Å²) in [6, 6.07) is 2.89. The molecule has 0 radical (unpaired) electrons. The highest BCUT2D eigenvalue weighted by molar-refractivity contribution is 6.35. The number of imide groups is 1.